The molecule has 2 heterocycles. The summed E-state index contributed by atoms with van der Waals surface area (Å²) in [4.78, 5) is 12.0. The van der Waals surface area contributed by atoms with Crippen molar-refractivity contribution in [1.29, 1.82) is 0 Å². The van der Waals surface area contributed by atoms with E-state index >= 15 is 0 Å². The quantitative estimate of drug-likeness (QED) is 0.921. The molecule has 0 saturated heterocycles. The zero-order valence-corrected chi connectivity index (χ0v) is 11.6. The first-order valence-electron chi connectivity index (χ1n) is 6.84. The van der Waals surface area contributed by atoms with Crippen molar-refractivity contribution in [1.82, 2.24) is 9.88 Å². The van der Waals surface area contributed by atoms with Crippen LogP contribution in [0.2, 0.25) is 0 Å². The summed E-state index contributed by atoms with van der Waals surface area (Å²) < 4.78 is 7.52. The van der Waals surface area contributed by atoms with E-state index in [1.54, 1.807) is 0 Å². The average molecular weight is 270 g/mol. The van der Waals surface area contributed by atoms with E-state index in [-0.39, 0.29) is 5.91 Å². The molecule has 104 valence electrons. The number of rotatable bonds is 4. The molecule has 0 aliphatic carbocycles. The smallest absolute Gasteiger partial charge is 0.224 e. The zero-order chi connectivity index (χ0) is 13.9. The van der Waals surface area contributed by atoms with E-state index in [2.05, 4.69) is 11.4 Å². The van der Waals surface area contributed by atoms with Crippen LogP contribution in [0.5, 0.6) is 5.75 Å². The van der Waals surface area contributed by atoms with Crippen molar-refractivity contribution in [2.24, 2.45) is 7.05 Å². The van der Waals surface area contributed by atoms with E-state index in [0.29, 0.717) is 13.0 Å². The Morgan fingerprint density at radius 2 is 2.30 bits per heavy atom. The molecule has 1 aliphatic rings. The highest BCUT2D eigenvalue weighted by atomic mass is 16.5. The summed E-state index contributed by atoms with van der Waals surface area (Å²) in [5.74, 6) is 0.960. The maximum absolute atomic E-state index is 12.0. The molecule has 2 aromatic rings. The third kappa shape index (κ3) is 2.69. The van der Waals surface area contributed by atoms with Gasteiger partial charge in [0.1, 0.15) is 5.75 Å². The second kappa shape index (κ2) is 5.41. The Morgan fingerprint density at radius 1 is 1.40 bits per heavy atom. The van der Waals surface area contributed by atoms with Gasteiger partial charge in [-0.3, -0.25) is 4.79 Å². The third-order valence-electron chi connectivity index (χ3n) is 3.64. The summed E-state index contributed by atoms with van der Waals surface area (Å²) in [5.41, 5.74) is 3.32. The maximum Gasteiger partial charge on any atom is 0.224 e. The minimum absolute atomic E-state index is 0.0316. The summed E-state index contributed by atoms with van der Waals surface area (Å²) in [7, 11) is 1.97. The van der Waals surface area contributed by atoms with Gasteiger partial charge in [0.05, 0.1) is 19.6 Å². The molecule has 4 heteroatoms. The lowest BCUT2D eigenvalue weighted by Gasteiger charge is -2.07. The molecule has 0 bridgehead atoms. The molecule has 4 nitrogen and oxygen atoms in total. The summed E-state index contributed by atoms with van der Waals surface area (Å²) in [6.07, 6.45) is 3.33. The molecule has 0 unspecified atom stereocenters. The molecule has 0 fully saturated rings. The molecule has 1 amide bonds. The lowest BCUT2D eigenvalue weighted by Crippen LogP contribution is -2.25. The number of carbonyl (C=O) groups is 1. The van der Waals surface area contributed by atoms with E-state index < -0.39 is 0 Å². The Balaban J connectivity index is 1.58. The topological polar surface area (TPSA) is 43.3 Å². The van der Waals surface area contributed by atoms with Gasteiger partial charge in [0, 0.05) is 25.4 Å². The molecule has 1 aromatic heterocycles. The van der Waals surface area contributed by atoms with Crippen molar-refractivity contribution in [3.05, 3.63) is 53.3 Å². The summed E-state index contributed by atoms with van der Waals surface area (Å²) in [6, 6.07) is 10.0. The van der Waals surface area contributed by atoms with Gasteiger partial charge in [-0.25, -0.2) is 0 Å². The number of aromatic nitrogens is 1. The number of hydrogen-bond donors (Lipinski definition) is 1. The van der Waals surface area contributed by atoms with E-state index in [1.165, 1.54) is 5.56 Å². The molecule has 0 radical (unpaired) electrons. The lowest BCUT2D eigenvalue weighted by molar-refractivity contribution is -0.120. The van der Waals surface area contributed by atoms with Gasteiger partial charge in [-0.1, -0.05) is 12.1 Å². The van der Waals surface area contributed by atoms with Crippen molar-refractivity contribution in [2.45, 2.75) is 19.4 Å². The number of nitrogens with zero attached hydrogens (tertiary/aromatic N) is 1. The first kappa shape index (κ1) is 12.8. The summed E-state index contributed by atoms with van der Waals surface area (Å²) >= 11 is 0. The Hall–Kier alpha value is -2.23. The Labute approximate surface area is 118 Å². The second-order valence-corrected chi connectivity index (χ2v) is 5.10. The van der Waals surface area contributed by atoms with E-state index in [9.17, 15) is 4.79 Å². The maximum atomic E-state index is 12.0. The van der Waals surface area contributed by atoms with Crippen LogP contribution >= 0.6 is 0 Å². The molecular weight excluding hydrogens is 252 g/mol. The minimum atomic E-state index is 0.0316. The van der Waals surface area contributed by atoms with Crippen LogP contribution < -0.4 is 10.1 Å². The number of aryl methyl sites for hydroxylation is 1. The average Bonchev–Trinajstić information content (AvgIpc) is 3.04. The molecule has 20 heavy (non-hydrogen) atoms. The molecule has 0 saturated carbocycles. The Kier molecular flexibility index (Phi) is 3.46. The van der Waals surface area contributed by atoms with Gasteiger partial charge < -0.3 is 14.6 Å². The number of benzene rings is 1. The molecule has 1 aliphatic heterocycles. The van der Waals surface area contributed by atoms with E-state index in [1.807, 2.05) is 42.1 Å². The van der Waals surface area contributed by atoms with Crippen LogP contribution in [0, 0.1) is 0 Å². The molecule has 1 N–H and O–H groups in total. The molecular formula is C16H18N2O2. The van der Waals surface area contributed by atoms with Gasteiger partial charge in [0.25, 0.3) is 0 Å². The van der Waals surface area contributed by atoms with Crippen LogP contribution in [-0.2, 0) is 31.2 Å². The summed E-state index contributed by atoms with van der Waals surface area (Å²) in [6.45, 7) is 1.31. The zero-order valence-electron chi connectivity index (χ0n) is 11.6. The number of hydrogen-bond acceptors (Lipinski definition) is 2. The Bertz CT molecular complexity index is 631. The second-order valence-electron chi connectivity index (χ2n) is 5.10. The molecule has 1 aromatic carbocycles. The molecule has 3 rings (SSSR count). The normalized spacial score (nSPS) is 12.8. The van der Waals surface area contributed by atoms with Gasteiger partial charge >= 0.3 is 0 Å². The van der Waals surface area contributed by atoms with Crippen molar-refractivity contribution in [3.8, 4) is 5.75 Å². The van der Waals surface area contributed by atoms with Gasteiger partial charge in [-0.2, -0.15) is 0 Å². The fourth-order valence-corrected chi connectivity index (χ4v) is 2.44. The van der Waals surface area contributed by atoms with Crippen molar-refractivity contribution >= 4 is 5.91 Å². The van der Waals surface area contributed by atoms with Crippen molar-refractivity contribution in [2.75, 3.05) is 6.61 Å². The van der Waals surface area contributed by atoms with Gasteiger partial charge in [-0.05, 0) is 29.3 Å². The highest BCUT2D eigenvalue weighted by Gasteiger charge is 2.13. The van der Waals surface area contributed by atoms with E-state index in [0.717, 1.165) is 30.0 Å². The van der Waals surface area contributed by atoms with Crippen molar-refractivity contribution < 1.29 is 9.53 Å². The predicted octanol–water partition coefficient (Wildman–Crippen LogP) is 1.82. The largest absolute Gasteiger partial charge is 0.493 e. The standard InChI is InChI=1S/C16H18N2O2/c1-18-7-2-3-14(18)11-17-16(19)10-12-4-5-13-6-8-20-15(13)9-12/h2-5,7,9H,6,8,10-11H2,1H3,(H,17,19). The van der Waals surface area contributed by atoms with Gasteiger partial charge in [-0.15, -0.1) is 0 Å². The minimum Gasteiger partial charge on any atom is -0.493 e. The Morgan fingerprint density at radius 3 is 3.10 bits per heavy atom. The predicted molar refractivity (Wildman–Crippen MR) is 76.6 cm³/mol. The third-order valence-corrected chi connectivity index (χ3v) is 3.64. The van der Waals surface area contributed by atoms with Crippen LogP contribution in [-0.4, -0.2) is 17.1 Å². The van der Waals surface area contributed by atoms with E-state index in [4.69, 9.17) is 4.74 Å². The lowest BCUT2D eigenvalue weighted by atomic mass is 10.1. The molecule has 0 atom stereocenters. The fraction of sp³-hybridized carbons (Fsp3) is 0.312. The number of fused-ring (bicyclic) bond motifs is 1. The van der Waals surface area contributed by atoms with Crippen LogP contribution in [0.3, 0.4) is 0 Å². The first-order valence-corrected chi connectivity index (χ1v) is 6.84. The highest BCUT2D eigenvalue weighted by Crippen LogP contribution is 2.26. The first-order chi connectivity index (χ1) is 9.72. The highest BCUT2D eigenvalue weighted by molar-refractivity contribution is 5.78. The number of ether oxygens (including phenoxy) is 1. The van der Waals surface area contributed by atoms with Crippen molar-refractivity contribution in [3.63, 3.8) is 0 Å². The number of nitrogens with one attached hydrogen (secondary N) is 1. The molecule has 0 spiro atoms. The monoisotopic (exact) mass is 270 g/mol. The van der Waals surface area contributed by atoms with Crippen LogP contribution in [0.4, 0.5) is 0 Å². The van der Waals surface area contributed by atoms with Crippen LogP contribution in [0.1, 0.15) is 16.8 Å². The fourth-order valence-electron chi connectivity index (χ4n) is 2.44. The SMILES string of the molecule is Cn1cccc1CNC(=O)Cc1ccc2c(c1)OCC2. The van der Waals surface area contributed by atoms with Gasteiger partial charge in [0.2, 0.25) is 5.91 Å². The van der Waals surface area contributed by atoms with Crippen LogP contribution in [0.25, 0.3) is 0 Å². The summed E-state index contributed by atoms with van der Waals surface area (Å²) in [5, 5.41) is 2.94. The number of amides is 1. The number of carbonyl (C=O) groups excluding carboxylic acids is 1. The van der Waals surface area contributed by atoms with Crippen LogP contribution in [0.15, 0.2) is 36.5 Å². The van der Waals surface area contributed by atoms with Gasteiger partial charge in [0.15, 0.2) is 0 Å².